The van der Waals surface area contributed by atoms with Gasteiger partial charge in [-0.05, 0) is 55.7 Å². The number of carboxylic acid groups (broad SMARTS) is 1. The smallest absolute Gasteiger partial charge is 0.335 e. The number of carbonyl (C=O) groups is 1. The molecule has 0 radical (unpaired) electrons. The Bertz CT molecular complexity index is 935. The number of hydrogen-bond donors (Lipinski definition) is 2. The number of anilines is 1. The molecule has 3 rings (SSSR count). The molecule has 0 aliphatic carbocycles. The molecule has 1 aliphatic rings. The minimum Gasteiger partial charge on any atom is -0.489 e. The monoisotopic (exact) mass is 391 g/mol. The van der Waals surface area contributed by atoms with Gasteiger partial charge in [0, 0.05) is 12.3 Å². The maximum Gasteiger partial charge on any atom is 0.335 e. The van der Waals surface area contributed by atoms with Crippen LogP contribution in [0, 0.1) is 6.92 Å². The summed E-state index contributed by atoms with van der Waals surface area (Å²) in [4.78, 5) is 11.1. The lowest BCUT2D eigenvalue weighted by Gasteiger charge is -2.16. The fourth-order valence-electron chi connectivity index (χ4n) is 2.83. The summed E-state index contributed by atoms with van der Waals surface area (Å²) in [6, 6.07) is 10.5. The zero-order chi connectivity index (χ0) is 19.4. The number of aromatic carboxylic acids is 1. The Labute approximate surface area is 158 Å². The predicted octanol–water partition coefficient (Wildman–Crippen LogP) is 3.05. The Hall–Kier alpha value is -2.58. The van der Waals surface area contributed by atoms with Gasteiger partial charge in [0.25, 0.3) is 10.0 Å². The van der Waals surface area contributed by atoms with Crippen molar-refractivity contribution in [2.24, 2.45) is 0 Å². The minimum absolute atomic E-state index is 0.00113. The maximum absolute atomic E-state index is 12.9. The molecule has 1 fully saturated rings. The number of carboxylic acids is 1. The fourth-order valence-corrected chi connectivity index (χ4v) is 4.11. The van der Waals surface area contributed by atoms with E-state index in [-0.39, 0.29) is 34.6 Å². The van der Waals surface area contributed by atoms with Crippen LogP contribution >= 0.6 is 0 Å². The molecule has 2 aromatic carbocycles. The van der Waals surface area contributed by atoms with Gasteiger partial charge in [0.15, 0.2) is 0 Å². The molecular weight excluding hydrogens is 370 g/mol. The molecule has 2 N–H and O–H groups in total. The van der Waals surface area contributed by atoms with E-state index in [1.54, 1.807) is 19.1 Å². The molecule has 8 heteroatoms. The average Bonchev–Trinajstić information content (AvgIpc) is 3.14. The molecule has 1 aliphatic heterocycles. The minimum atomic E-state index is -3.96. The fraction of sp³-hybridized carbons (Fsp3) is 0.316. The molecule has 0 amide bonds. The third kappa shape index (κ3) is 4.78. The van der Waals surface area contributed by atoms with E-state index in [0.717, 1.165) is 18.4 Å². The SMILES string of the molecule is Cc1ccc(OC[C@H]2CCCO2)c(S(=O)(=O)Nc2cccc(C(=O)O)c2)c1. The van der Waals surface area contributed by atoms with Gasteiger partial charge in [-0.3, -0.25) is 4.72 Å². The zero-order valence-corrected chi connectivity index (χ0v) is 15.7. The molecule has 1 saturated heterocycles. The molecule has 0 spiro atoms. The van der Waals surface area contributed by atoms with Crippen LogP contribution in [0.25, 0.3) is 0 Å². The number of sulfonamides is 1. The van der Waals surface area contributed by atoms with Crippen molar-refractivity contribution in [3.05, 3.63) is 53.6 Å². The predicted molar refractivity (Wildman–Crippen MR) is 99.9 cm³/mol. The zero-order valence-electron chi connectivity index (χ0n) is 14.8. The molecule has 27 heavy (non-hydrogen) atoms. The first-order chi connectivity index (χ1) is 12.8. The first kappa shape index (κ1) is 19.2. The number of nitrogens with one attached hydrogen (secondary N) is 1. The summed E-state index contributed by atoms with van der Waals surface area (Å²) in [7, 11) is -3.96. The van der Waals surface area contributed by atoms with Gasteiger partial charge < -0.3 is 14.6 Å². The molecule has 7 nitrogen and oxygen atoms in total. The van der Waals surface area contributed by atoms with E-state index in [0.29, 0.717) is 6.61 Å². The Balaban J connectivity index is 1.85. The van der Waals surface area contributed by atoms with Gasteiger partial charge in [-0.1, -0.05) is 12.1 Å². The lowest BCUT2D eigenvalue weighted by atomic mass is 10.2. The van der Waals surface area contributed by atoms with Gasteiger partial charge in [-0.15, -0.1) is 0 Å². The standard InChI is InChI=1S/C19H21NO6S/c1-13-7-8-17(26-12-16-6-3-9-25-16)18(10-13)27(23,24)20-15-5-2-4-14(11-15)19(21)22/h2,4-5,7-8,10-11,16,20H,3,6,9,12H2,1H3,(H,21,22)/t16-/m1/s1. The van der Waals surface area contributed by atoms with E-state index in [1.807, 2.05) is 0 Å². The van der Waals surface area contributed by atoms with Crippen molar-refractivity contribution in [1.82, 2.24) is 0 Å². The normalized spacial score (nSPS) is 16.9. The molecule has 1 heterocycles. The number of hydrogen-bond acceptors (Lipinski definition) is 5. The van der Waals surface area contributed by atoms with Crippen LogP contribution in [0.1, 0.15) is 28.8 Å². The summed E-state index contributed by atoms with van der Waals surface area (Å²) in [5.41, 5.74) is 0.926. The summed E-state index contributed by atoms with van der Waals surface area (Å²) in [6.07, 6.45) is 1.81. The highest BCUT2D eigenvalue weighted by Crippen LogP contribution is 2.28. The number of benzene rings is 2. The van der Waals surface area contributed by atoms with Gasteiger partial charge in [0.1, 0.15) is 17.3 Å². The highest BCUT2D eigenvalue weighted by Gasteiger charge is 2.23. The van der Waals surface area contributed by atoms with Crippen molar-refractivity contribution in [3.8, 4) is 5.75 Å². The van der Waals surface area contributed by atoms with E-state index in [4.69, 9.17) is 14.6 Å². The highest BCUT2D eigenvalue weighted by molar-refractivity contribution is 7.92. The number of aryl methyl sites for hydroxylation is 1. The molecule has 0 bridgehead atoms. The second-order valence-corrected chi connectivity index (χ2v) is 8.04. The van der Waals surface area contributed by atoms with Gasteiger partial charge >= 0.3 is 5.97 Å². The Morgan fingerprint density at radius 2 is 2.11 bits per heavy atom. The van der Waals surface area contributed by atoms with E-state index < -0.39 is 16.0 Å². The highest BCUT2D eigenvalue weighted by atomic mass is 32.2. The lowest BCUT2D eigenvalue weighted by Crippen LogP contribution is -2.19. The van der Waals surface area contributed by atoms with Gasteiger partial charge in [0.05, 0.1) is 11.7 Å². The van der Waals surface area contributed by atoms with Crippen molar-refractivity contribution < 1.29 is 27.8 Å². The van der Waals surface area contributed by atoms with Crippen molar-refractivity contribution in [2.75, 3.05) is 17.9 Å². The third-order valence-electron chi connectivity index (χ3n) is 4.20. The molecule has 0 unspecified atom stereocenters. The van der Waals surface area contributed by atoms with Crippen molar-refractivity contribution >= 4 is 21.7 Å². The van der Waals surface area contributed by atoms with Gasteiger partial charge in [-0.25, -0.2) is 13.2 Å². The van der Waals surface area contributed by atoms with Crippen LogP contribution < -0.4 is 9.46 Å². The third-order valence-corrected chi connectivity index (χ3v) is 5.60. The van der Waals surface area contributed by atoms with Crippen molar-refractivity contribution in [2.45, 2.75) is 30.8 Å². The molecule has 0 saturated carbocycles. The maximum atomic E-state index is 12.9. The topological polar surface area (TPSA) is 102 Å². The number of ether oxygens (including phenoxy) is 2. The molecular formula is C19H21NO6S. The first-order valence-electron chi connectivity index (χ1n) is 8.56. The second kappa shape index (κ2) is 7.98. The molecule has 1 atom stereocenters. The summed E-state index contributed by atoms with van der Waals surface area (Å²) < 4.78 is 39.4. The van der Waals surface area contributed by atoms with Crippen LogP contribution in [0.3, 0.4) is 0 Å². The average molecular weight is 391 g/mol. The van der Waals surface area contributed by atoms with E-state index in [9.17, 15) is 13.2 Å². The largest absolute Gasteiger partial charge is 0.489 e. The summed E-state index contributed by atoms with van der Waals surface area (Å²) in [5.74, 6) is -0.898. The van der Waals surface area contributed by atoms with E-state index in [1.165, 1.54) is 30.3 Å². The quantitative estimate of drug-likeness (QED) is 0.752. The van der Waals surface area contributed by atoms with Gasteiger partial charge in [0.2, 0.25) is 0 Å². The summed E-state index contributed by atoms with van der Waals surface area (Å²) >= 11 is 0. The Morgan fingerprint density at radius 1 is 1.30 bits per heavy atom. The molecule has 2 aromatic rings. The summed E-state index contributed by atoms with van der Waals surface area (Å²) in [6.45, 7) is 2.75. The number of rotatable bonds is 7. The molecule has 144 valence electrons. The van der Waals surface area contributed by atoms with Crippen LogP contribution in [0.4, 0.5) is 5.69 Å². The van der Waals surface area contributed by atoms with E-state index >= 15 is 0 Å². The van der Waals surface area contributed by atoms with Crippen LogP contribution in [-0.2, 0) is 14.8 Å². The van der Waals surface area contributed by atoms with Crippen LogP contribution in [-0.4, -0.2) is 38.8 Å². The Kier molecular flexibility index (Phi) is 5.67. The molecule has 0 aromatic heterocycles. The van der Waals surface area contributed by atoms with Crippen LogP contribution in [0.2, 0.25) is 0 Å². The Morgan fingerprint density at radius 3 is 2.81 bits per heavy atom. The van der Waals surface area contributed by atoms with Gasteiger partial charge in [-0.2, -0.15) is 0 Å². The van der Waals surface area contributed by atoms with Crippen LogP contribution in [0.5, 0.6) is 5.75 Å². The second-order valence-electron chi connectivity index (χ2n) is 6.39. The lowest BCUT2D eigenvalue weighted by molar-refractivity contribution is 0.0669. The van der Waals surface area contributed by atoms with Crippen LogP contribution in [0.15, 0.2) is 47.4 Å². The van der Waals surface area contributed by atoms with E-state index in [2.05, 4.69) is 4.72 Å². The summed E-state index contributed by atoms with van der Waals surface area (Å²) in [5, 5.41) is 9.07. The van der Waals surface area contributed by atoms with Crippen molar-refractivity contribution in [3.63, 3.8) is 0 Å². The van der Waals surface area contributed by atoms with Crippen molar-refractivity contribution in [1.29, 1.82) is 0 Å². The first-order valence-corrected chi connectivity index (χ1v) is 10.0.